The van der Waals surface area contributed by atoms with Crippen molar-refractivity contribution in [2.75, 3.05) is 13.1 Å². The van der Waals surface area contributed by atoms with E-state index in [2.05, 4.69) is 40.5 Å². The standard InChI is InChI=1S/C26H26ClN5O/c27-22-8-6-21(7-9-22)23-10-11-24-28-29-25(32(24)30-23)12-13-26(33)31-16-14-20(15-17-31)18-19-4-2-1-3-5-19/h1-11,20H,12-18H2. The number of aryl methyl sites for hydroxylation is 1. The van der Waals surface area contributed by atoms with Gasteiger partial charge in [-0.15, -0.1) is 10.2 Å². The number of fused-ring (bicyclic) bond motifs is 1. The van der Waals surface area contributed by atoms with E-state index in [1.54, 1.807) is 4.52 Å². The van der Waals surface area contributed by atoms with Gasteiger partial charge in [0.05, 0.1) is 5.69 Å². The fourth-order valence-corrected chi connectivity index (χ4v) is 4.60. The topological polar surface area (TPSA) is 63.4 Å². The lowest BCUT2D eigenvalue weighted by molar-refractivity contribution is -0.132. The van der Waals surface area contributed by atoms with E-state index in [0.29, 0.717) is 35.3 Å². The van der Waals surface area contributed by atoms with E-state index in [0.717, 1.165) is 43.6 Å². The van der Waals surface area contributed by atoms with E-state index >= 15 is 0 Å². The average Bonchev–Trinajstić information content (AvgIpc) is 3.26. The van der Waals surface area contributed by atoms with Crippen LogP contribution < -0.4 is 0 Å². The maximum Gasteiger partial charge on any atom is 0.223 e. The Morgan fingerprint density at radius 2 is 1.70 bits per heavy atom. The Morgan fingerprint density at radius 1 is 0.939 bits per heavy atom. The van der Waals surface area contributed by atoms with Crippen molar-refractivity contribution in [2.45, 2.75) is 32.1 Å². The number of hydrogen-bond acceptors (Lipinski definition) is 4. The van der Waals surface area contributed by atoms with Crippen LogP contribution in [0.3, 0.4) is 0 Å². The van der Waals surface area contributed by atoms with Crippen LogP contribution in [0.15, 0.2) is 66.7 Å². The summed E-state index contributed by atoms with van der Waals surface area (Å²) in [7, 11) is 0. The molecule has 0 atom stereocenters. The molecule has 7 heteroatoms. The Labute approximate surface area is 198 Å². The molecule has 5 rings (SSSR count). The number of piperidine rings is 1. The molecule has 0 aliphatic carbocycles. The van der Waals surface area contributed by atoms with E-state index in [4.69, 9.17) is 16.7 Å². The third-order valence-corrected chi connectivity index (χ3v) is 6.62. The number of nitrogens with zero attached hydrogens (tertiary/aromatic N) is 5. The molecular weight excluding hydrogens is 434 g/mol. The quantitative estimate of drug-likeness (QED) is 0.413. The lowest BCUT2D eigenvalue weighted by atomic mass is 9.90. The minimum Gasteiger partial charge on any atom is -0.343 e. The van der Waals surface area contributed by atoms with Gasteiger partial charge in [0.1, 0.15) is 0 Å². The fourth-order valence-electron chi connectivity index (χ4n) is 4.47. The summed E-state index contributed by atoms with van der Waals surface area (Å²) in [6.07, 6.45) is 4.13. The first-order chi connectivity index (χ1) is 16.2. The monoisotopic (exact) mass is 459 g/mol. The van der Waals surface area contributed by atoms with Gasteiger partial charge in [0, 0.05) is 36.5 Å². The molecule has 0 bridgehead atoms. The van der Waals surface area contributed by atoms with Gasteiger partial charge in [0.25, 0.3) is 0 Å². The molecule has 1 saturated heterocycles. The molecule has 2 aromatic carbocycles. The lowest BCUT2D eigenvalue weighted by Crippen LogP contribution is -2.39. The molecule has 0 saturated carbocycles. The molecule has 0 N–H and O–H groups in total. The summed E-state index contributed by atoms with van der Waals surface area (Å²) in [6, 6.07) is 22.0. The molecular formula is C26H26ClN5O. The van der Waals surface area contributed by atoms with Gasteiger partial charge in [-0.25, -0.2) is 0 Å². The molecule has 1 amide bonds. The average molecular weight is 460 g/mol. The molecule has 0 spiro atoms. The Bertz CT molecular complexity index is 1230. The predicted molar refractivity (Wildman–Crippen MR) is 129 cm³/mol. The van der Waals surface area contributed by atoms with Crippen LogP contribution in [0.2, 0.25) is 5.02 Å². The maximum absolute atomic E-state index is 12.9. The van der Waals surface area contributed by atoms with Crippen LogP contribution >= 0.6 is 11.6 Å². The summed E-state index contributed by atoms with van der Waals surface area (Å²) < 4.78 is 1.74. The SMILES string of the molecule is O=C(CCc1nnc2ccc(-c3ccc(Cl)cc3)nn12)N1CCC(Cc2ccccc2)CC1. The highest BCUT2D eigenvalue weighted by atomic mass is 35.5. The number of likely N-dealkylation sites (tertiary alicyclic amines) is 1. The van der Waals surface area contributed by atoms with Gasteiger partial charge in [-0.2, -0.15) is 9.61 Å². The molecule has 168 valence electrons. The zero-order chi connectivity index (χ0) is 22.6. The molecule has 1 aliphatic heterocycles. The molecule has 1 aliphatic rings. The third kappa shape index (κ3) is 5.06. The van der Waals surface area contributed by atoms with Crippen molar-refractivity contribution in [1.29, 1.82) is 0 Å². The zero-order valence-corrected chi connectivity index (χ0v) is 19.2. The number of rotatable bonds is 6. The third-order valence-electron chi connectivity index (χ3n) is 6.36. The second-order valence-corrected chi connectivity index (χ2v) is 9.06. The molecule has 33 heavy (non-hydrogen) atoms. The van der Waals surface area contributed by atoms with Crippen molar-refractivity contribution in [3.05, 3.63) is 83.1 Å². The van der Waals surface area contributed by atoms with Crippen LogP contribution in [0.25, 0.3) is 16.9 Å². The number of aromatic nitrogens is 4. The Kier molecular flexibility index (Phi) is 6.35. The molecule has 0 unspecified atom stereocenters. The van der Waals surface area contributed by atoms with Gasteiger partial charge in [-0.3, -0.25) is 4.79 Å². The van der Waals surface area contributed by atoms with E-state index < -0.39 is 0 Å². The molecule has 4 aromatic rings. The van der Waals surface area contributed by atoms with Gasteiger partial charge in [0.2, 0.25) is 5.91 Å². The normalized spacial score (nSPS) is 14.6. The summed E-state index contributed by atoms with van der Waals surface area (Å²) in [6.45, 7) is 1.66. The van der Waals surface area contributed by atoms with Crippen molar-refractivity contribution >= 4 is 23.2 Å². The highest BCUT2D eigenvalue weighted by Crippen LogP contribution is 2.23. The molecule has 0 radical (unpaired) electrons. The van der Waals surface area contributed by atoms with Gasteiger partial charge in [-0.1, -0.05) is 54.1 Å². The molecule has 2 aromatic heterocycles. The van der Waals surface area contributed by atoms with Crippen LogP contribution in [0, 0.1) is 5.92 Å². The molecule has 3 heterocycles. The predicted octanol–water partition coefficient (Wildman–Crippen LogP) is 4.86. The minimum absolute atomic E-state index is 0.179. The van der Waals surface area contributed by atoms with Crippen molar-refractivity contribution < 1.29 is 4.79 Å². The fraction of sp³-hybridized carbons (Fsp3) is 0.308. The van der Waals surface area contributed by atoms with Crippen molar-refractivity contribution in [3.8, 4) is 11.3 Å². The van der Waals surface area contributed by atoms with E-state index in [1.807, 2.05) is 41.3 Å². The molecule has 1 fully saturated rings. The van der Waals surface area contributed by atoms with Gasteiger partial charge in [-0.05, 0) is 55.0 Å². The number of carbonyl (C=O) groups excluding carboxylic acids is 1. The maximum atomic E-state index is 12.9. The second kappa shape index (κ2) is 9.71. The van der Waals surface area contributed by atoms with Crippen LogP contribution in [-0.4, -0.2) is 43.7 Å². The second-order valence-electron chi connectivity index (χ2n) is 8.63. The lowest BCUT2D eigenvalue weighted by Gasteiger charge is -2.32. The Hall–Kier alpha value is -3.25. The largest absolute Gasteiger partial charge is 0.343 e. The van der Waals surface area contributed by atoms with Gasteiger partial charge in [0.15, 0.2) is 11.5 Å². The minimum atomic E-state index is 0.179. The van der Waals surface area contributed by atoms with Crippen molar-refractivity contribution in [3.63, 3.8) is 0 Å². The molecule has 6 nitrogen and oxygen atoms in total. The summed E-state index contributed by atoms with van der Waals surface area (Å²) in [4.78, 5) is 14.8. The van der Waals surface area contributed by atoms with Crippen molar-refractivity contribution in [1.82, 2.24) is 24.7 Å². The zero-order valence-electron chi connectivity index (χ0n) is 18.4. The van der Waals surface area contributed by atoms with E-state index in [-0.39, 0.29) is 5.91 Å². The van der Waals surface area contributed by atoms with E-state index in [1.165, 1.54) is 5.56 Å². The number of carbonyl (C=O) groups is 1. The Morgan fingerprint density at radius 3 is 2.45 bits per heavy atom. The number of halogens is 1. The Balaban J connectivity index is 1.19. The smallest absolute Gasteiger partial charge is 0.223 e. The van der Waals surface area contributed by atoms with Gasteiger partial charge >= 0.3 is 0 Å². The first-order valence-electron chi connectivity index (χ1n) is 11.4. The van der Waals surface area contributed by atoms with Crippen LogP contribution in [0.5, 0.6) is 0 Å². The summed E-state index contributed by atoms with van der Waals surface area (Å²) in [5, 5.41) is 13.9. The van der Waals surface area contributed by atoms with Crippen molar-refractivity contribution in [2.24, 2.45) is 5.92 Å². The van der Waals surface area contributed by atoms with Crippen LogP contribution in [0.1, 0.15) is 30.7 Å². The number of benzene rings is 2. The first kappa shape index (κ1) is 21.6. The number of hydrogen-bond donors (Lipinski definition) is 0. The highest BCUT2D eigenvalue weighted by molar-refractivity contribution is 6.30. The van der Waals surface area contributed by atoms with Gasteiger partial charge < -0.3 is 4.90 Å². The van der Waals surface area contributed by atoms with Crippen LogP contribution in [0.4, 0.5) is 0 Å². The summed E-state index contributed by atoms with van der Waals surface area (Å²) in [5.74, 6) is 1.53. The summed E-state index contributed by atoms with van der Waals surface area (Å²) in [5.41, 5.74) is 3.84. The summed E-state index contributed by atoms with van der Waals surface area (Å²) >= 11 is 6.00. The van der Waals surface area contributed by atoms with E-state index in [9.17, 15) is 4.79 Å². The highest BCUT2D eigenvalue weighted by Gasteiger charge is 2.23. The first-order valence-corrected chi connectivity index (χ1v) is 11.8. The van der Waals surface area contributed by atoms with Crippen LogP contribution in [-0.2, 0) is 17.6 Å². The number of amides is 1.